The van der Waals surface area contributed by atoms with Crippen molar-refractivity contribution in [3.63, 3.8) is 0 Å². The van der Waals surface area contributed by atoms with Crippen molar-refractivity contribution in [3.8, 4) is 0 Å². The topological polar surface area (TPSA) is 32.3 Å². The first-order chi connectivity index (χ1) is 10.4. The molecule has 0 aliphatic heterocycles. The van der Waals surface area contributed by atoms with E-state index in [-0.39, 0.29) is 11.9 Å². The van der Waals surface area contributed by atoms with Gasteiger partial charge in [0.1, 0.15) is 0 Å². The van der Waals surface area contributed by atoms with E-state index in [1.54, 1.807) is 29.5 Å². The average molecular weight is 357 g/mol. The van der Waals surface area contributed by atoms with Crippen LogP contribution in [-0.2, 0) is 11.3 Å². The maximum absolute atomic E-state index is 12.4. The Balaban J connectivity index is 2.02. The summed E-state index contributed by atoms with van der Waals surface area (Å²) in [6, 6.07) is 6.99. The van der Waals surface area contributed by atoms with Crippen LogP contribution >= 0.6 is 34.5 Å². The second-order valence-electron chi connectivity index (χ2n) is 5.21. The molecule has 1 unspecified atom stereocenters. The Morgan fingerprint density at radius 1 is 1.36 bits per heavy atom. The van der Waals surface area contributed by atoms with Crippen LogP contribution in [0.5, 0.6) is 0 Å². The molecule has 0 aliphatic carbocycles. The molecule has 0 saturated heterocycles. The summed E-state index contributed by atoms with van der Waals surface area (Å²) < 4.78 is 0. The van der Waals surface area contributed by atoms with Gasteiger partial charge in [-0.1, -0.05) is 29.3 Å². The highest BCUT2D eigenvalue weighted by molar-refractivity contribution is 7.10. The Bertz CT molecular complexity index is 672. The Morgan fingerprint density at radius 3 is 2.73 bits per heavy atom. The van der Waals surface area contributed by atoms with Gasteiger partial charge in [0.25, 0.3) is 0 Å². The number of hydrogen-bond acceptors (Lipinski definition) is 3. The minimum atomic E-state index is -0.281. The van der Waals surface area contributed by atoms with E-state index < -0.39 is 0 Å². The predicted octanol–water partition coefficient (Wildman–Crippen LogP) is 4.82. The van der Waals surface area contributed by atoms with E-state index >= 15 is 0 Å². The largest absolute Gasteiger partial charge is 0.323 e. The normalized spacial score (nSPS) is 12.5. The molecule has 2 rings (SSSR count). The highest BCUT2D eigenvalue weighted by Gasteiger charge is 2.20. The number of benzene rings is 1. The molecule has 2 aromatic rings. The van der Waals surface area contributed by atoms with Gasteiger partial charge in [0.2, 0.25) is 5.91 Å². The maximum Gasteiger partial charge on any atom is 0.241 e. The van der Waals surface area contributed by atoms with Crippen molar-refractivity contribution in [2.24, 2.45) is 0 Å². The van der Waals surface area contributed by atoms with E-state index in [0.717, 1.165) is 6.54 Å². The molecule has 1 aromatic carbocycles. The van der Waals surface area contributed by atoms with Crippen LogP contribution in [0.2, 0.25) is 10.0 Å². The van der Waals surface area contributed by atoms with Crippen molar-refractivity contribution in [3.05, 3.63) is 50.1 Å². The quantitative estimate of drug-likeness (QED) is 0.832. The van der Waals surface area contributed by atoms with Crippen LogP contribution in [0.25, 0.3) is 0 Å². The van der Waals surface area contributed by atoms with Gasteiger partial charge < -0.3 is 5.32 Å². The number of nitrogens with one attached hydrogen (secondary N) is 1. The average Bonchev–Trinajstić information content (AvgIpc) is 2.88. The van der Waals surface area contributed by atoms with Crippen LogP contribution in [0.1, 0.15) is 17.4 Å². The lowest BCUT2D eigenvalue weighted by molar-refractivity contribution is -0.120. The van der Waals surface area contributed by atoms with Gasteiger partial charge in [0.15, 0.2) is 0 Å². The lowest BCUT2D eigenvalue weighted by Gasteiger charge is -2.24. The molecule has 22 heavy (non-hydrogen) atoms. The SMILES string of the molecule is Cc1ccsc1CN(C)C(C)C(=O)Nc1cccc(Cl)c1Cl. The zero-order chi connectivity index (χ0) is 16.3. The van der Waals surface area contributed by atoms with Crippen LogP contribution in [-0.4, -0.2) is 23.9 Å². The van der Waals surface area contributed by atoms with Crippen LogP contribution in [0, 0.1) is 6.92 Å². The number of aryl methyl sites for hydroxylation is 1. The molecule has 1 heterocycles. The first kappa shape index (κ1) is 17.3. The van der Waals surface area contributed by atoms with Gasteiger partial charge in [0, 0.05) is 11.4 Å². The number of amides is 1. The monoisotopic (exact) mass is 356 g/mol. The fourth-order valence-corrected chi connectivity index (χ4v) is 3.28. The molecule has 1 aromatic heterocycles. The zero-order valence-electron chi connectivity index (χ0n) is 12.7. The number of carbonyl (C=O) groups is 1. The van der Waals surface area contributed by atoms with Crippen LogP contribution in [0.4, 0.5) is 5.69 Å². The van der Waals surface area contributed by atoms with Crippen molar-refractivity contribution in [2.75, 3.05) is 12.4 Å². The van der Waals surface area contributed by atoms with Crippen molar-refractivity contribution in [1.82, 2.24) is 4.90 Å². The van der Waals surface area contributed by atoms with Gasteiger partial charge in [0.05, 0.1) is 21.8 Å². The van der Waals surface area contributed by atoms with E-state index in [9.17, 15) is 4.79 Å². The number of likely N-dealkylation sites (N-methyl/N-ethyl adjacent to an activating group) is 1. The molecule has 0 saturated carbocycles. The van der Waals surface area contributed by atoms with Gasteiger partial charge in [-0.2, -0.15) is 0 Å². The third-order valence-electron chi connectivity index (χ3n) is 3.61. The molecule has 0 fully saturated rings. The minimum absolute atomic E-state index is 0.110. The summed E-state index contributed by atoms with van der Waals surface area (Å²) in [5.41, 5.74) is 1.79. The molecule has 1 amide bonds. The summed E-state index contributed by atoms with van der Waals surface area (Å²) >= 11 is 13.8. The summed E-state index contributed by atoms with van der Waals surface area (Å²) in [6.45, 7) is 4.69. The Morgan fingerprint density at radius 2 is 2.09 bits per heavy atom. The third-order valence-corrected chi connectivity index (χ3v) is 5.44. The highest BCUT2D eigenvalue weighted by atomic mass is 35.5. The number of anilines is 1. The van der Waals surface area contributed by atoms with Gasteiger partial charge >= 0.3 is 0 Å². The van der Waals surface area contributed by atoms with E-state index in [0.29, 0.717) is 15.7 Å². The number of thiophene rings is 1. The minimum Gasteiger partial charge on any atom is -0.323 e. The van der Waals surface area contributed by atoms with Crippen LogP contribution in [0.15, 0.2) is 29.6 Å². The number of hydrogen-bond donors (Lipinski definition) is 1. The molecule has 6 heteroatoms. The van der Waals surface area contributed by atoms with Gasteiger partial charge in [-0.15, -0.1) is 11.3 Å². The summed E-state index contributed by atoms with van der Waals surface area (Å²) in [5.74, 6) is -0.110. The third kappa shape index (κ3) is 4.02. The summed E-state index contributed by atoms with van der Waals surface area (Å²) in [5, 5.41) is 5.68. The first-order valence-electron chi connectivity index (χ1n) is 6.88. The predicted molar refractivity (Wildman–Crippen MR) is 95.1 cm³/mol. The van der Waals surface area contributed by atoms with E-state index in [2.05, 4.69) is 23.7 Å². The highest BCUT2D eigenvalue weighted by Crippen LogP contribution is 2.29. The molecule has 0 spiro atoms. The maximum atomic E-state index is 12.4. The van der Waals surface area contributed by atoms with E-state index in [4.69, 9.17) is 23.2 Å². The van der Waals surface area contributed by atoms with E-state index in [1.807, 2.05) is 18.9 Å². The van der Waals surface area contributed by atoms with Crippen LogP contribution in [0.3, 0.4) is 0 Å². The number of nitrogens with zero attached hydrogens (tertiary/aromatic N) is 1. The molecular formula is C16H18Cl2N2OS. The van der Waals surface area contributed by atoms with Crippen molar-refractivity contribution in [1.29, 1.82) is 0 Å². The van der Waals surface area contributed by atoms with E-state index in [1.165, 1.54) is 10.4 Å². The Hall–Kier alpha value is -1.07. The summed E-state index contributed by atoms with van der Waals surface area (Å²) in [6.07, 6.45) is 0. The first-order valence-corrected chi connectivity index (χ1v) is 8.51. The fraction of sp³-hybridized carbons (Fsp3) is 0.312. The molecule has 118 valence electrons. The van der Waals surface area contributed by atoms with Crippen molar-refractivity contribution >= 4 is 46.1 Å². The van der Waals surface area contributed by atoms with Crippen molar-refractivity contribution < 1.29 is 4.79 Å². The molecule has 1 N–H and O–H groups in total. The number of rotatable bonds is 5. The number of halogens is 2. The van der Waals surface area contributed by atoms with Crippen LogP contribution < -0.4 is 5.32 Å². The van der Waals surface area contributed by atoms with Gasteiger partial charge in [-0.3, -0.25) is 9.69 Å². The fourth-order valence-electron chi connectivity index (χ4n) is 1.97. The number of carbonyl (C=O) groups excluding carboxylic acids is 1. The van der Waals surface area contributed by atoms with Gasteiger partial charge in [-0.05, 0) is 50.0 Å². The van der Waals surface area contributed by atoms with Crippen molar-refractivity contribution in [2.45, 2.75) is 26.4 Å². The Kier molecular flexibility index (Phi) is 5.87. The molecule has 0 radical (unpaired) electrons. The summed E-state index contributed by atoms with van der Waals surface area (Å²) in [7, 11) is 1.93. The summed E-state index contributed by atoms with van der Waals surface area (Å²) in [4.78, 5) is 15.7. The lowest BCUT2D eigenvalue weighted by atomic mass is 10.2. The molecule has 0 aliphatic rings. The second-order valence-corrected chi connectivity index (χ2v) is 6.99. The smallest absolute Gasteiger partial charge is 0.241 e. The molecule has 3 nitrogen and oxygen atoms in total. The zero-order valence-corrected chi connectivity index (χ0v) is 15.0. The molecular weight excluding hydrogens is 339 g/mol. The molecule has 1 atom stereocenters. The molecule has 0 bridgehead atoms. The standard InChI is InChI=1S/C16H18Cl2N2OS/c1-10-7-8-22-14(10)9-20(3)11(2)16(21)19-13-6-4-5-12(17)15(13)18/h4-8,11H,9H2,1-3H3,(H,19,21). The van der Waals surface area contributed by atoms with Gasteiger partial charge in [-0.25, -0.2) is 0 Å². The lowest BCUT2D eigenvalue weighted by Crippen LogP contribution is -2.39. The second kappa shape index (κ2) is 7.47. The Labute approximate surface area is 144 Å².